The lowest BCUT2D eigenvalue weighted by Crippen LogP contribution is -2.08. The summed E-state index contributed by atoms with van der Waals surface area (Å²) < 4.78 is 0. The lowest BCUT2D eigenvalue weighted by molar-refractivity contribution is 1.11. The Morgan fingerprint density at radius 3 is 2.44 bits per heavy atom. The first-order valence-electron chi connectivity index (χ1n) is 8.45. The summed E-state index contributed by atoms with van der Waals surface area (Å²) >= 11 is 0. The molecule has 3 aromatic rings. The van der Waals surface area contributed by atoms with E-state index in [-0.39, 0.29) is 0 Å². The molecule has 0 aliphatic heterocycles. The van der Waals surface area contributed by atoms with Gasteiger partial charge >= 0.3 is 0 Å². The number of nitrogens with zero attached hydrogens (tertiary/aromatic N) is 3. The van der Waals surface area contributed by atoms with Crippen LogP contribution in [0.3, 0.4) is 0 Å². The third-order valence-corrected chi connectivity index (χ3v) is 4.64. The molecule has 0 aliphatic carbocycles. The van der Waals surface area contributed by atoms with Crippen molar-refractivity contribution in [1.82, 2.24) is 4.98 Å². The number of aliphatic imine (C=N–C) groups is 1. The highest BCUT2D eigenvalue weighted by Gasteiger charge is 2.15. The van der Waals surface area contributed by atoms with Crippen molar-refractivity contribution in [2.24, 2.45) is 4.99 Å². The number of nitriles is 1. The second kappa shape index (κ2) is 6.86. The highest BCUT2D eigenvalue weighted by atomic mass is 14.7. The Labute approximate surface area is 148 Å². The van der Waals surface area contributed by atoms with Crippen LogP contribution in [0.15, 0.2) is 47.6 Å². The van der Waals surface area contributed by atoms with Crippen molar-refractivity contribution in [3.8, 4) is 6.07 Å². The van der Waals surface area contributed by atoms with Crippen molar-refractivity contribution < 1.29 is 0 Å². The Morgan fingerprint density at radius 2 is 1.84 bits per heavy atom. The number of rotatable bonds is 3. The molecule has 2 aromatic carbocycles. The molecule has 0 saturated heterocycles. The average Bonchev–Trinajstić information content (AvgIpc) is 2.64. The van der Waals surface area contributed by atoms with Crippen LogP contribution < -0.4 is 0 Å². The Bertz CT molecular complexity index is 1010. The molecule has 0 atom stereocenters. The molecular weight excluding hydrogens is 306 g/mol. The number of pyridine rings is 1. The maximum Gasteiger partial charge on any atom is 0.0991 e. The molecule has 0 spiro atoms. The van der Waals surface area contributed by atoms with E-state index in [4.69, 9.17) is 5.26 Å². The Kier molecular flexibility index (Phi) is 4.63. The van der Waals surface area contributed by atoms with Gasteiger partial charge in [0.25, 0.3) is 0 Å². The summed E-state index contributed by atoms with van der Waals surface area (Å²) in [5, 5.41) is 10.1. The van der Waals surface area contributed by atoms with Crippen molar-refractivity contribution in [3.05, 3.63) is 76.0 Å². The largest absolute Gasteiger partial charge is 0.287 e. The predicted octanol–water partition coefficient (Wildman–Crippen LogP) is 4.75. The fourth-order valence-corrected chi connectivity index (χ4v) is 3.27. The summed E-state index contributed by atoms with van der Waals surface area (Å²) in [6, 6.07) is 14.1. The van der Waals surface area contributed by atoms with Crippen LogP contribution in [-0.4, -0.2) is 17.7 Å². The average molecular weight is 327 g/mol. The van der Waals surface area contributed by atoms with Gasteiger partial charge in [0, 0.05) is 29.8 Å². The van der Waals surface area contributed by atoms with Gasteiger partial charge in [0.2, 0.25) is 0 Å². The molecule has 0 aliphatic rings. The minimum atomic E-state index is 0.652. The molecule has 3 heteroatoms. The van der Waals surface area contributed by atoms with Crippen LogP contribution >= 0.6 is 0 Å². The zero-order valence-electron chi connectivity index (χ0n) is 15.1. The molecule has 0 bridgehead atoms. The van der Waals surface area contributed by atoms with Crippen molar-refractivity contribution >= 4 is 16.6 Å². The molecule has 0 radical (unpaired) electrons. The molecule has 0 saturated carbocycles. The van der Waals surface area contributed by atoms with Crippen LogP contribution in [0.5, 0.6) is 0 Å². The van der Waals surface area contributed by atoms with E-state index in [1.54, 1.807) is 0 Å². The van der Waals surface area contributed by atoms with Crippen molar-refractivity contribution in [1.29, 1.82) is 5.26 Å². The lowest BCUT2D eigenvalue weighted by Gasteiger charge is -2.15. The molecule has 1 heterocycles. The molecular formula is C22H21N3. The van der Waals surface area contributed by atoms with E-state index < -0.39 is 0 Å². The van der Waals surface area contributed by atoms with Crippen LogP contribution in [0, 0.1) is 25.2 Å². The summed E-state index contributed by atoms with van der Waals surface area (Å²) in [7, 11) is 1.81. The zero-order chi connectivity index (χ0) is 18.0. The number of aryl methyl sites for hydroxylation is 3. The molecule has 0 fully saturated rings. The van der Waals surface area contributed by atoms with E-state index in [1.807, 2.05) is 37.5 Å². The molecule has 25 heavy (non-hydrogen) atoms. The smallest absolute Gasteiger partial charge is 0.0991 e. The summed E-state index contributed by atoms with van der Waals surface area (Å²) in [5.74, 6) is 0. The monoisotopic (exact) mass is 327 g/mol. The van der Waals surface area contributed by atoms with E-state index in [0.29, 0.717) is 5.56 Å². The van der Waals surface area contributed by atoms with Crippen LogP contribution in [0.4, 0.5) is 0 Å². The number of hydrogen-bond acceptors (Lipinski definition) is 3. The highest BCUT2D eigenvalue weighted by molar-refractivity contribution is 6.20. The SMILES string of the molecule is CCc1cc2ncc(C)c(C(=NC)c3ccc(C#N)cc3)c2cc1C. The first-order chi connectivity index (χ1) is 12.1. The standard InChI is InChI=1S/C22H21N3/c1-5-17-11-20-19(10-14(17)2)21(15(3)13-25-20)22(24-4)18-8-6-16(12-23)7-9-18/h6-11,13H,5H2,1-4H3. The minimum absolute atomic E-state index is 0.652. The molecule has 3 nitrogen and oxygen atoms in total. The van der Waals surface area contributed by atoms with Gasteiger partial charge in [-0.25, -0.2) is 0 Å². The fraction of sp³-hybridized carbons (Fsp3) is 0.227. The molecule has 0 unspecified atom stereocenters. The van der Waals surface area contributed by atoms with Gasteiger partial charge < -0.3 is 0 Å². The van der Waals surface area contributed by atoms with Gasteiger partial charge in [0.15, 0.2) is 0 Å². The third-order valence-electron chi connectivity index (χ3n) is 4.64. The zero-order valence-corrected chi connectivity index (χ0v) is 15.1. The first-order valence-corrected chi connectivity index (χ1v) is 8.45. The molecule has 1 aromatic heterocycles. The Hall–Kier alpha value is -2.99. The van der Waals surface area contributed by atoms with E-state index in [9.17, 15) is 0 Å². The quantitative estimate of drug-likeness (QED) is 0.652. The minimum Gasteiger partial charge on any atom is -0.287 e. The second-order valence-corrected chi connectivity index (χ2v) is 6.23. The number of benzene rings is 2. The van der Waals surface area contributed by atoms with Crippen LogP contribution in [0.25, 0.3) is 10.9 Å². The van der Waals surface area contributed by atoms with E-state index >= 15 is 0 Å². The van der Waals surface area contributed by atoms with Crippen LogP contribution in [0.1, 0.15) is 40.3 Å². The van der Waals surface area contributed by atoms with E-state index in [1.165, 1.54) is 11.1 Å². The van der Waals surface area contributed by atoms with Gasteiger partial charge in [0.05, 0.1) is 22.9 Å². The van der Waals surface area contributed by atoms with Crippen molar-refractivity contribution in [3.63, 3.8) is 0 Å². The number of fused-ring (bicyclic) bond motifs is 1. The molecule has 0 amide bonds. The topological polar surface area (TPSA) is 49.0 Å². The first kappa shape index (κ1) is 16.9. The van der Waals surface area contributed by atoms with Crippen molar-refractivity contribution in [2.75, 3.05) is 7.05 Å². The van der Waals surface area contributed by atoms with Gasteiger partial charge in [0.1, 0.15) is 0 Å². The fourth-order valence-electron chi connectivity index (χ4n) is 3.27. The third kappa shape index (κ3) is 3.04. The van der Waals surface area contributed by atoms with Gasteiger partial charge in [-0.05, 0) is 61.2 Å². The van der Waals surface area contributed by atoms with E-state index in [0.717, 1.165) is 39.7 Å². The molecule has 124 valence electrons. The van der Waals surface area contributed by atoms with Gasteiger partial charge in [-0.1, -0.05) is 19.1 Å². The number of aromatic nitrogens is 1. The summed E-state index contributed by atoms with van der Waals surface area (Å²) in [5.41, 5.74) is 8.40. The second-order valence-electron chi connectivity index (χ2n) is 6.23. The normalized spacial score (nSPS) is 11.6. The Balaban J connectivity index is 2.26. The maximum absolute atomic E-state index is 9.02. The predicted molar refractivity (Wildman–Crippen MR) is 103 cm³/mol. The highest BCUT2D eigenvalue weighted by Crippen LogP contribution is 2.27. The maximum atomic E-state index is 9.02. The Morgan fingerprint density at radius 1 is 1.12 bits per heavy atom. The lowest BCUT2D eigenvalue weighted by atomic mass is 9.92. The molecule has 0 N–H and O–H groups in total. The van der Waals surface area contributed by atoms with Gasteiger partial charge in [-0.2, -0.15) is 5.26 Å². The van der Waals surface area contributed by atoms with Gasteiger partial charge in [-0.15, -0.1) is 0 Å². The summed E-state index contributed by atoms with van der Waals surface area (Å²) in [6.07, 6.45) is 2.91. The summed E-state index contributed by atoms with van der Waals surface area (Å²) in [6.45, 7) is 6.38. The van der Waals surface area contributed by atoms with Crippen LogP contribution in [0.2, 0.25) is 0 Å². The molecule has 3 rings (SSSR count). The van der Waals surface area contributed by atoms with E-state index in [2.05, 4.69) is 48.9 Å². The summed E-state index contributed by atoms with van der Waals surface area (Å²) in [4.78, 5) is 9.20. The van der Waals surface area contributed by atoms with Gasteiger partial charge in [-0.3, -0.25) is 9.98 Å². The van der Waals surface area contributed by atoms with Crippen LogP contribution in [-0.2, 0) is 6.42 Å². The number of hydrogen-bond donors (Lipinski definition) is 0. The van der Waals surface area contributed by atoms with Crippen molar-refractivity contribution in [2.45, 2.75) is 27.2 Å².